The van der Waals surface area contributed by atoms with Crippen molar-refractivity contribution in [3.8, 4) is 0 Å². The van der Waals surface area contributed by atoms with Crippen LogP contribution in [0.3, 0.4) is 0 Å². The van der Waals surface area contributed by atoms with Crippen molar-refractivity contribution >= 4 is 11.3 Å². The van der Waals surface area contributed by atoms with Crippen LogP contribution in [0.1, 0.15) is 30.9 Å². The molecule has 1 aromatic heterocycles. The van der Waals surface area contributed by atoms with Gasteiger partial charge in [0.2, 0.25) is 0 Å². The Morgan fingerprint density at radius 1 is 1.47 bits per heavy atom. The first-order valence-electron chi connectivity index (χ1n) is 6.28. The molecule has 2 fully saturated rings. The molecule has 0 saturated carbocycles. The van der Waals surface area contributed by atoms with Crippen LogP contribution in [-0.4, -0.2) is 25.4 Å². The molecule has 0 aliphatic carbocycles. The van der Waals surface area contributed by atoms with Gasteiger partial charge in [0.15, 0.2) is 0 Å². The summed E-state index contributed by atoms with van der Waals surface area (Å²) in [6.07, 6.45) is 3.14. The minimum Gasteiger partial charge on any atom is -0.378 e. The number of ether oxygens (including phenoxy) is 2. The lowest BCUT2D eigenvalue weighted by molar-refractivity contribution is -0.101. The van der Waals surface area contributed by atoms with Gasteiger partial charge in [0, 0.05) is 25.7 Å². The second-order valence-corrected chi connectivity index (χ2v) is 5.95. The standard InChI is InChI=1S/C13H19NO2S/c14-12(11-2-6-17-8-11)10-1-4-16-13(7-10)3-5-15-9-13/h2,6,8,10,12H,1,3-5,7,9,14H2. The first kappa shape index (κ1) is 11.7. The Morgan fingerprint density at radius 3 is 3.12 bits per heavy atom. The summed E-state index contributed by atoms with van der Waals surface area (Å²) in [6.45, 7) is 2.41. The van der Waals surface area contributed by atoms with Crippen molar-refractivity contribution in [2.45, 2.75) is 30.9 Å². The van der Waals surface area contributed by atoms with E-state index < -0.39 is 0 Å². The van der Waals surface area contributed by atoms with Crippen LogP contribution in [0, 0.1) is 5.92 Å². The Labute approximate surface area is 106 Å². The molecule has 1 aromatic rings. The van der Waals surface area contributed by atoms with Gasteiger partial charge in [-0.3, -0.25) is 0 Å². The average molecular weight is 253 g/mol. The van der Waals surface area contributed by atoms with Gasteiger partial charge in [0.25, 0.3) is 0 Å². The largest absolute Gasteiger partial charge is 0.378 e. The summed E-state index contributed by atoms with van der Waals surface area (Å²) in [5.74, 6) is 0.528. The van der Waals surface area contributed by atoms with Gasteiger partial charge in [-0.25, -0.2) is 0 Å². The predicted molar refractivity (Wildman–Crippen MR) is 68.1 cm³/mol. The zero-order chi connectivity index (χ0) is 11.7. The lowest BCUT2D eigenvalue weighted by Gasteiger charge is -2.39. The maximum atomic E-state index is 6.38. The molecule has 2 saturated heterocycles. The Kier molecular flexibility index (Phi) is 3.21. The van der Waals surface area contributed by atoms with Crippen molar-refractivity contribution in [2.24, 2.45) is 11.7 Å². The summed E-state index contributed by atoms with van der Waals surface area (Å²) in [5.41, 5.74) is 7.62. The first-order valence-corrected chi connectivity index (χ1v) is 7.23. The number of thiophene rings is 1. The van der Waals surface area contributed by atoms with Gasteiger partial charge in [0.1, 0.15) is 0 Å². The van der Waals surface area contributed by atoms with E-state index in [1.807, 2.05) is 0 Å². The molecule has 1 spiro atoms. The second kappa shape index (κ2) is 4.69. The molecule has 3 atom stereocenters. The first-order chi connectivity index (χ1) is 8.29. The van der Waals surface area contributed by atoms with E-state index in [2.05, 4.69) is 16.8 Å². The normalized spacial score (nSPS) is 35.2. The van der Waals surface area contributed by atoms with Crippen molar-refractivity contribution in [1.82, 2.24) is 0 Å². The molecule has 17 heavy (non-hydrogen) atoms. The zero-order valence-corrected chi connectivity index (χ0v) is 10.7. The summed E-state index contributed by atoms with van der Waals surface area (Å²) in [5, 5.41) is 4.26. The number of hydrogen-bond acceptors (Lipinski definition) is 4. The molecule has 3 unspecified atom stereocenters. The zero-order valence-electron chi connectivity index (χ0n) is 9.93. The molecule has 4 heteroatoms. The minimum atomic E-state index is -0.0312. The third-order valence-electron chi connectivity index (χ3n) is 4.03. The van der Waals surface area contributed by atoms with Crippen LogP contribution >= 0.6 is 11.3 Å². The lowest BCUT2D eigenvalue weighted by Crippen LogP contribution is -2.43. The van der Waals surface area contributed by atoms with E-state index >= 15 is 0 Å². The molecule has 3 rings (SSSR count). The third-order valence-corrected chi connectivity index (χ3v) is 4.74. The van der Waals surface area contributed by atoms with Gasteiger partial charge in [-0.1, -0.05) is 0 Å². The van der Waals surface area contributed by atoms with Gasteiger partial charge in [-0.15, -0.1) is 0 Å². The lowest BCUT2D eigenvalue weighted by atomic mass is 9.80. The SMILES string of the molecule is NC(c1ccsc1)C1CCOC2(CCOC2)C1. The fraction of sp³-hybridized carbons (Fsp3) is 0.692. The van der Waals surface area contributed by atoms with Crippen LogP contribution in [0.15, 0.2) is 16.8 Å². The summed E-state index contributed by atoms with van der Waals surface area (Å²) < 4.78 is 11.4. The quantitative estimate of drug-likeness (QED) is 0.880. The summed E-state index contributed by atoms with van der Waals surface area (Å²) in [7, 11) is 0. The van der Waals surface area contributed by atoms with Gasteiger partial charge < -0.3 is 15.2 Å². The minimum absolute atomic E-state index is 0.0312. The molecule has 0 aromatic carbocycles. The van der Waals surface area contributed by atoms with Gasteiger partial charge in [0.05, 0.1) is 12.2 Å². The molecule has 3 heterocycles. The van der Waals surface area contributed by atoms with Gasteiger partial charge in [-0.05, 0) is 41.1 Å². The van der Waals surface area contributed by atoms with Crippen LogP contribution in [0.5, 0.6) is 0 Å². The van der Waals surface area contributed by atoms with Crippen molar-refractivity contribution in [3.05, 3.63) is 22.4 Å². The van der Waals surface area contributed by atoms with E-state index in [1.54, 1.807) is 11.3 Å². The highest BCUT2D eigenvalue weighted by Crippen LogP contribution is 2.40. The van der Waals surface area contributed by atoms with Crippen LogP contribution in [0.2, 0.25) is 0 Å². The molecule has 2 aliphatic heterocycles. The predicted octanol–water partition coefficient (Wildman–Crippen LogP) is 2.33. The number of hydrogen-bond donors (Lipinski definition) is 1. The maximum Gasteiger partial charge on any atom is 0.0940 e. The van der Waals surface area contributed by atoms with E-state index in [4.69, 9.17) is 15.2 Å². The van der Waals surface area contributed by atoms with E-state index in [9.17, 15) is 0 Å². The Morgan fingerprint density at radius 2 is 2.41 bits per heavy atom. The molecule has 0 amide bonds. The highest BCUT2D eigenvalue weighted by molar-refractivity contribution is 7.07. The van der Waals surface area contributed by atoms with Gasteiger partial charge in [-0.2, -0.15) is 11.3 Å². The van der Waals surface area contributed by atoms with Crippen molar-refractivity contribution in [2.75, 3.05) is 19.8 Å². The maximum absolute atomic E-state index is 6.38. The molecule has 0 bridgehead atoms. The molecular weight excluding hydrogens is 234 g/mol. The van der Waals surface area contributed by atoms with E-state index in [0.29, 0.717) is 5.92 Å². The summed E-state index contributed by atoms with van der Waals surface area (Å²) >= 11 is 1.72. The highest BCUT2D eigenvalue weighted by atomic mass is 32.1. The smallest absolute Gasteiger partial charge is 0.0940 e. The van der Waals surface area contributed by atoms with E-state index in [1.165, 1.54) is 5.56 Å². The Balaban J connectivity index is 1.71. The molecule has 2 aliphatic rings. The van der Waals surface area contributed by atoms with Crippen LogP contribution in [0.4, 0.5) is 0 Å². The topological polar surface area (TPSA) is 44.5 Å². The second-order valence-electron chi connectivity index (χ2n) is 5.17. The molecule has 2 N–H and O–H groups in total. The fourth-order valence-electron chi connectivity index (χ4n) is 2.97. The van der Waals surface area contributed by atoms with Crippen LogP contribution in [-0.2, 0) is 9.47 Å². The van der Waals surface area contributed by atoms with Crippen molar-refractivity contribution in [3.63, 3.8) is 0 Å². The number of rotatable bonds is 2. The summed E-state index contributed by atoms with van der Waals surface area (Å²) in [4.78, 5) is 0. The third kappa shape index (κ3) is 2.27. The average Bonchev–Trinajstić information content (AvgIpc) is 3.00. The van der Waals surface area contributed by atoms with Gasteiger partial charge >= 0.3 is 0 Å². The van der Waals surface area contributed by atoms with E-state index in [0.717, 1.165) is 39.1 Å². The number of nitrogens with two attached hydrogens (primary N) is 1. The molecule has 3 nitrogen and oxygen atoms in total. The highest BCUT2D eigenvalue weighted by Gasteiger charge is 2.42. The summed E-state index contributed by atoms with van der Waals surface area (Å²) in [6, 6.07) is 2.30. The monoisotopic (exact) mass is 253 g/mol. The fourth-order valence-corrected chi connectivity index (χ4v) is 3.68. The molecule has 0 radical (unpaired) electrons. The Hall–Kier alpha value is -0.420. The molecular formula is C13H19NO2S. The van der Waals surface area contributed by atoms with Crippen molar-refractivity contribution < 1.29 is 9.47 Å². The molecule has 94 valence electrons. The van der Waals surface area contributed by atoms with Crippen LogP contribution in [0.25, 0.3) is 0 Å². The van der Waals surface area contributed by atoms with Crippen molar-refractivity contribution in [1.29, 1.82) is 0 Å². The Bertz CT molecular complexity index is 360. The van der Waals surface area contributed by atoms with Crippen LogP contribution < -0.4 is 5.73 Å². The van der Waals surface area contributed by atoms with E-state index in [-0.39, 0.29) is 11.6 Å².